The smallest absolute Gasteiger partial charge is 0.319 e. The molecule has 2 aromatic rings. The first-order valence-corrected chi connectivity index (χ1v) is 8.61. The summed E-state index contributed by atoms with van der Waals surface area (Å²) in [6, 6.07) is 12.6. The number of carbonyl (C=O) groups excluding carboxylic acids is 1. The largest absolute Gasteiger partial charge is 0.384 e. The van der Waals surface area contributed by atoms with Crippen LogP contribution in [0.5, 0.6) is 0 Å². The summed E-state index contributed by atoms with van der Waals surface area (Å²) in [5.41, 5.74) is 2.47. The van der Waals surface area contributed by atoms with E-state index in [4.69, 9.17) is 11.6 Å². The highest BCUT2D eigenvalue weighted by Crippen LogP contribution is 2.30. The number of amides is 2. The van der Waals surface area contributed by atoms with Crippen molar-refractivity contribution in [1.29, 1.82) is 0 Å². The lowest BCUT2D eigenvalue weighted by atomic mass is 9.96. The van der Waals surface area contributed by atoms with Crippen molar-refractivity contribution in [2.45, 2.75) is 18.9 Å². The van der Waals surface area contributed by atoms with E-state index in [1.807, 2.05) is 25.2 Å². The molecule has 0 saturated carbocycles. The summed E-state index contributed by atoms with van der Waals surface area (Å²) < 4.78 is 0. The van der Waals surface area contributed by atoms with Crippen molar-refractivity contribution in [2.75, 3.05) is 30.4 Å². The van der Waals surface area contributed by atoms with E-state index in [9.17, 15) is 9.90 Å². The minimum absolute atomic E-state index is 0.0490. The predicted octanol–water partition coefficient (Wildman–Crippen LogP) is 3.36. The summed E-state index contributed by atoms with van der Waals surface area (Å²) in [5, 5.41) is 16.6. The number of benzene rings is 2. The lowest BCUT2D eigenvalue weighted by Gasteiger charge is -2.25. The number of likely N-dealkylation sites (N-methyl/N-ethyl adjacent to an activating group) is 1. The molecule has 25 heavy (non-hydrogen) atoms. The molecule has 1 aliphatic rings. The van der Waals surface area contributed by atoms with Gasteiger partial charge in [0.2, 0.25) is 0 Å². The molecule has 3 N–H and O–H groups in total. The molecule has 5 nitrogen and oxygen atoms in total. The molecule has 0 aromatic heterocycles. The van der Waals surface area contributed by atoms with Gasteiger partial charge < -0.3 is 20.6 Å². The van der Waals surface area contributed by atoms with E-state index < -0.39 is 5.60 Å². The molecule has 2 amide bonds. The number of carbonyl (C=O) groups is 1. The van der Waals surface area contributed by atoms with Gasteiger partial charge in [-0.3, -0.25) is 0 Å². The molecule has 1 heterocycles. The number of anilines is 2. The van der Waals surface area contributed by atoms with Crippen LogP contribution < -0.4 is 15.5 Å². The zero-order valence-corrected chi connectivity index (χ0v) is 15.1. The second kappa shape index (κ2) is 6.94. The molecule has 0 bridgehead atoms. The standard InChI is InChI=1S/C19H22ClN3O2/c1-19(25,15-5-3-4-6-16(15)20)12-21-18(24)22-14-8-7-13-9-10-23(2)17(13)11-14/h3-8,11,25H,9-10,12H2,1-2H3,(H2,21,22,24). The van der Waals surface area contributed by atoms with Gasteiger partial charge in [0, 0.05) is 35.6 Å². The molecule has 6 heteroatoms. The number of aliphatic hydroxyl groups is 1. The molecular formula is C19H22ClN3O2. The van der Waals surface area contributed by atoms with E-state index in [-0.39, 0.29) is 12.6 Å². The first-order chi connectivity index (χ1) is 11.9. The van der Waals surface area contributed by atoms with Gasteiger partial charge in [0.1, 0.15) is 5.60 Å². The van der Waals surface area contributed by atoms with Crippen LogP contribution in [0.15, 0.2) is 42.5 Å². The molecule has 0 saturated heterocycles. The first-order valence-electron chi connectivity index (χ1n) is 8.23. The topological polar surface area (TPSA) is 64.6 Å². The van der Waals surface area contributed by atoms with E-state index in [0.29, 0.717) is 10.6 Å². The van der Waals surface area contributed by atoms with Gasteiger partial charge in [-0.05, 0) is 37.1 Å². The van der Waals surface area contributed by atoms with E-state index in [2.05, 4.69) is 15.5 Å². The summed E-state index contributed by atoms with van der Waals surface area (Å²) in [7, 11) is 2.04. The third-order valence-electron chi connectivity index (χ3n) is 4.52. The maximum Gasteiger partial charge on any atom is 0.319 e. The van der Waals surface area contributed by atoms with Crippen molar-refractivity contribution in [3.8, 4) is 0 Å². The number of nitrogens with zero attached hydrogens (tertiary/aromatic N) is 1. The number of hydrogen-bond donors (Lipinski definition) is 3. The van der Waals surface area contributed by atoms with Crippen LogP contribution in [0.25, 0.3) is 0 Å². The monoisotopic (exact) mass is 359 g/mol. The quantitative estimate of drug-likeness (QED) is 0.784. The van der Waals surface area contributed by atoms with E-state index in [0.717, 1.165) is 24.3 Å². The molecule has 0 spiro atoms. The molecule has 132 valence electrons. The van der Waals surface area contributed by atoms with Crippen LogP contribution in [0.4, 0.5) is 16.2 Å². The van der Waals surface area contributed by atoms with Crippen molar-refractivity contribution in [3.63, 3.8) is 0 Å². The van der Waals surface area contributed by atoms with Crippen molar-refractivity contribution in [2.24, 2.45) is 0 Å². The Labute approximate surface area is 152 Å². The van der Waals surface area contributed by atoms with Crippen LogP contribution in [0.2, 0.25) is 5.02 Å². The van der Waals surface area contributed by atoms with Gasteiger partial charge >= 0.3 is 6.03 Å². The second-order valence-corrected chi connectivity index (χ2v) is 6.98. The van der Waals surface area contributed by atoms with Gasteiger partial charge in [-0.2, -0.15) is 0 Å². The van der Waals surface area contributed by atoms with Gasteiger partial charge in [0.05, 0.1) is 6.54 Å². The number of hydrogen-bond acceptors (Lipinski definition) is 3. The summed E-state index contributed by atoms with van der Waals surface area (Å²) >= 11 is 6.13. The number of rotatable bonds is 4. The highest BCUT2D eigenvalue weighted by atomic mass is 35.5. The SMILES string of the molecule is CN1CCc2ccc(NC(=O)NCC(C)(O)c3ccccc3Cl)cc21. The number of nitrogens with one attached hydrogen (secondary N) is 2. The molecule has 0 aliphatic carbocycles. The maximum absolute atomic E-state index is 12.2. The van der Waals surface area contributed by atoms with Crippen LogP contribution in [-0.4, -0.2) is 31.3 Å². The Morgan fingerprint density at radius 1 is 1.32 bits per heavy atom. The lowest BCUT2D eigenvalue weighted by molar-refractivity contribution is 0.0600. The highest BCUT2D eigenvalue weighted by molar-refractivity contribution is 6.31. The minimum Gasteiger partial charge on any atom is -0.384 e. The number of urea groups is 1. The molecule has 3 rings (SSSR count). The van der Waals surface area contributed by atoms with Crippen molar-refractivity contribution in [3.05, 3.63) is 58.6 Å². The summed E-state index contributed by atoms with van der Waals surface area (Å²) in [6.45, 7) is 2.66. The van der Waals surface area contributed by atoms with Crippen molar-refractivity contribution in [1.82, 2.24) is 5.32 Å². The van der Waals surface area contributed by atoms with Gasteiger partial charge in [-0.1, -0.05) is 35.9 Å². The molecule has 1 atom stereocenters. The summed E-state index contributed by atoms with van der Waals surface area (Å²) in [5.74, 6) is 0. The molecule has 1 aliphatic heterocycles. The van der Waals surface area contributed by atoms with E-state index in [1.54, 1.807) is 31.2 Å². The van der Waals surface area contributed by atoms with Crippen LogP contribution in [0, 0.1) is 0 Å². The number of halogens is 1. The average Bonchev–Trinajstić information content (AvgIpc) is 2.94. The molecule has 1 unspecified atom stereocenters. The van der Waals surface area contributed by atoms with Gasteiger partial charge in [0.15, 0.2) is 0 Å². The Balaban J connectivity index is 1.62. The lowest BCUT2D eigenvalue weighted by Crippen LogP contribution is -2.40. The first kappa shape index (κ1) is 17.6. The summed E-state index contributed by atoms with van der Waals surface area (Å²) in [6.07, 6.45) is 1.03. The predicted molar refractivity (Wildman–Crippen MR) is 101 cm³/mol. The average molecular weight is 360 g/mol. The molecule has 0 radical (unpaired) electrons. The van der Waals surface area contributed by atoms with Gasteiger partial charge in [-0.25, -0.2) is 4.79 Å². The van der Waals surface area contributed by atoms with E-state index in [1.165, 1.54) is 5.56 Å². The Morgan fingerprint density at radius 3 is 2.84 bits per heavy atom. The Kier molecular flexibility index (Phi) is 4.88. The van der Waals surface area contributed by atoms with Crippen LogP contribution in [0.3, 0.4) is 0 Å². The van der Waals surface area contributed by atoms with Gasteiger partial charge in [0.25, 0.3) is 0 Å². The van der Waals surface area contributed by atoms with Crippen LogP contribution in [-0.2, 0) is 12.0 Å². The molecular weight excluding hydrogens is 338 g/mol. The van der Waals surface area contributed by atoms with Gasteiger partial charge in [-0.15, -0.1) is 0 Å². The fraction of sp³-hybridized carbons (Fsp3) is 0.316. The fourth-order valence-electron chi connectivity index (χ4n) is 3.04. The minimum atomic E-state index is -1.26. The van der Waals surface area contributed by atoms with Crippen LogP contribution in [0.1, 0.15) is 18.1 Å². The Bertz CT molecular complexity index is 792. The number of fused-ring (bicyclic) bond motifs is 1. The third kappa shape index (κ3) is 3.89. The highest BCUT2D eigenvalue weighted by Gasteiger charge is 2.26. The summed E-state index contributed by atoms with van der Waals surface area (Å²) in [4.78, 5) is 14.3. The van der Waals surface area contributed by atoms with Crippen LogP contribution >= 0.6 is 11.6 Å². The Hall–Kier alpha value is -2.24. The maximum atomic E-state index is 12.2. The van der Waals surface area contributed by atoms with Crippen molar-refractivity contribution < 1.29 is 9.90 Å². The molecule has 2 aromatic carbocycles. The zero-order valence-electron chi connectivity index (χ0n) is 14.3. The Morgan fingerprint density at radius 2 is 2.08 bits per heavy atom. The normalized spacial score (nSPS) is 15.4. The zero-order chi connectivity index (χ0) is 18.0. The van der Waals surface area contributed by atoms with Crippen molar-refractivity contribution >= 4 is 29.0 Å². The van der Waals surface area contributed by atoms with E-state index >= 15 is 0 Å². The third-order valence-corrected chi connectivity index (χ3v) is 4.85. The molecule has 0 fully saturated rings. The fourth-order valence-corrected chi connectivity index (χ4v) is 3.38. The second-order valence-electron chi connectivity index (χ2n) is 6.58.